The molecule has 19 heavy (non-hydrogen) atoms. The molecule has 0 atom stereocenters. The zero-order chi connectivity index (χ0) is 14.5. The average molecular weight is 310 g/mol. The van der Waals surface area contributed by atoms with Gasteiger partial charge in [-0.25, -0.2) is 8.42 Å². The van der Waals surface area contributed by atoms with Crippen LogP contribution in [-0.2, 0) is 9.05 Å². The molecule has 0 N–H and O–H groups in total. The molecular weight excluding hydrogens is 298 g/mol. The van der Waals surface area contributed by atoms with E-state index in [1.165, 1.54) is 25.3 Å². The molecule has 106 valence electrons. The van der Waals surface area contributed by atoms with Crippen molar-refractivity contribution in [2.24, 2.45) is 0 Å². The summed E-state index contributed by atoms with van der Waals surface area (Å²) in [5, 5.41) is 10.8. The third-order valence-electron chi connectivity index (χ3n) is 2.15. The van der Waals surface area contributed by atoms with Crippen LogP contribution in [0.5, 0.6) is 11.5 Å². The average Bonchev–Trinajstić information content (AvgIpc) is 2.33. The summed E-state index contributed by atoms with van der Waals surface area (Å²) in [6, 6.07) is 4.13. The molecule has 1 aromatic carbocycles. The summed E-state index contributed by atoms with van der Waals surface area (Å²) >= 11 is 0. The Morgan fingerprint density at radius 2 is 2.11 bits per heavy atom. The summed E-state index contributed by atoms with van der Waals surface area (Å²) < 4.78 is 31.4. The fraction of sp³-hybridized carbons (Fsp3) is 0.400. The van der Waals surface area contributed by atoms with E-state index in [0.29, 0.717) is 0 Å². The van der Waals surface area contributed by atoms with Crippen molar-refractivity contribution in [2.75, 3.05) is 19.5 Å². The minimum Gasteiger partial charge on any atom is -0.493 e. The van der Waals surface area contributed by atoms with E-state index in [4.69, 9.17) is 20.2 Å². The van der Waals surface area contributed by atoms with Crippen molar-refractivity contribution >= 4 is 25.4 Å². The predicted molar refractivity (Wildman–Crippen MR) is 69.4 cm³/mol. The molecule has 0 aliphatic heterocycles. The SMILES string of the molecule is COc1ccc(OCCCS(=O)(=O)Cl)cc1[N+](=O)[O-]. The largest absolute Gasteiger partial charge is 0.493 e. The molecule has 0 radical (unpaired) electrons. The monoisotopic (exact) mass is 309 g/mol. The van der Waals surface area contributed by atoms with E-state index in [1.54, 1.807) is 0 Å². The van der Waals surface area contributed by atoms with Crippen LogP contribution in [0.3, 0.4) is 0 Å². The molecule has 0 aromatic heterocycles. The van der Waals surface area contributed by atoms with Gasteiger partial charge in [-0.1, -0.05) is 0 Å². The summed E-state index contributed by atoms with van der Waals surface area (Å²) in [6.07, 6.45) is 0.200. The van der Waals surface area contributed by atoms with Gasteiger partial charge in [-0.3, -0.25) is 10.1 Å². The van der Waals surface area contributed by atoms with Gasteiger partial charge >= 0.3 is 5.69 Å². The van der Waals surface area contributed by atoms with Crippen LogP contribution in [0, 0.1) is 10.1 Å². The normalized spacial score (nSPS) is 11.1. The Kier molecular flexibility index (Phi) is 5.37. The second-order valence-electron chi connectivity index (χ2n) is 3.54. The Morgan fingerprint density at radius 1 is 1.42 bits per heavy atom. The lowest BCUT2D eigenvalue weighted by Crippen LogP contribution is -2.05. The zero-order valence-corrected chi connectivity index (χ0v) is 11.6. The number of hydrogen-bond donors (Lipinski definition) is 0. The Labute approximate surface area is 114 Å². The molecule has 7 nitrogen and oxygen atoms in total. The van der Waals surface area contributed by atoms with Crippen LogP contribution in [0.1, 0.15) is 6.42 Å². The lowest BCUT2D eigenvalue weighted by Gasteiger charge is -2.07. The predicted octanol–water partition coefficient (Wildman–Crippen LogP) is 1.94. The lowest BCUT2D eigenvalue weighted by atomic mass is 10.3. The molecule has 0 heterocycles. The summed E-state index contributed by atoms with van der Waals surface area (Å²) in [4.78, 5) is 10.2. The highest BCUT2D eigenvalue weighted by Gasteiger charge is 2.15. The number of benzene rings is 1. The van der Waals surface area contributed by atoms with Gasteiger partial charge in [-0.15, -0.1) is 0 Å². The Morgan fingerprint density at radius 3 is 2.63 bits per heavy atom. The Hall–Kier alpha value is -1.54. The topological polar surface area (TPSA) is 95.7 Å². The van der Waals surface area contributed by atoms with Gasteiger partial charge in [0.2, 0.25) is 9.05 Å². The number of methoxy groups -OCH3 is 1. The molecule has 0 aliphatic carbocycles. The Bertz CT molecular complexity index is 559. The number of ether oxygens (including phenoxy) is 2. The van der Waals surface area contributed by atoms with Gasteiger partial charge in [0.25, 0.3) is 0 Å². The molecule has 1 rings (SSSR count). The van der Waals surface area contributed by atoms with Gasteiger partial charge in [-0.2, -0.15) is 0 Å². The highest BCUT2D eigenvalue weighted by molar-refractivity contribution is 8.13. The maximum Gasteiger partial charge on any atom is 0.314 e. The maximum atomic E-state index is 10.8. The molecule has 0 fully saturated rings. The second kappa shape index (κ2) is 6.58. The van der Waals surface area contributed by atoms with E-state index >= 15 is 0 Å². The minimum absolute atomic E-state index is 0.0927. The number of rotatable bonds is 7. The molecule has 0 amide bonds. The van der Waals surface area contributed by atoms with Gasteiger partial charge in [0.15, 0.2) is 5.75 Å². The number of nitro groups is 1. The van der Waals surface area contributed by atoms with Crippen LogP contribution in [0.25, 0.3) is 0 Å². The molecule has 0 spiro atoms. The fourth-order valence-electron chi connectivity index (χ4n) is 1.32. The van der Waals surface area contributed by atoms with Gasteiger partial charge in [-0.05, 0) is 18.6 Å². The molecule has 0 bridgehead atoms. The van der Waals surface area contributed by atoms with E-state index in [0.717, 1.165) is 0 Å². The van der Waals surface area contributed by atoms with Gasteiger partial charge in [0.1, 0.15) is 5.75 Å². The minimum atomic E-state index is -3.55. The smallest absolute Gasteiger partial charge is 0.314 e. The first-order valence-corrected chi connectivity index (χ1v) is 7.69. The molecule has 9 heteroatoms. The van der Waals surface area contributed by atoms with E-state index in [1.807, 2.05) is 0 Å². The van der Waals surface area contributed by atoms with Crippen LogP contribution < -0.4 is 9.47 Å². The maximum absolute atomic E-state index is 10.8. The van der Waals surface area contributed by atoms with Crippen LogP contribution in [0.2, 0.25) is 0 Å². The van der Waals surface area contributed by atoms with Crippen LogP contribution in [0.15, 0.2) is 18.2 Å². The van der Waals surface area contributed by atoms with Crippen molar-refractivity contribution in [3.8, 4) is 11.5 Å². The van der Waals surface area contributed by atoms with Crippen molar-refractivity contribution in [1.82, 2.24) is 0 Å². The summed E-state index contributed by atoms with van der Waals surface area (Å²) in [6.45, 7) is 0.0927. The van der Waals surface area contributed by atoms with Crippen molar-refractivity contribution in [3.05, 3.63) is 28.3 Å². The molecule has 0 aliphatic rings. The number of nitrogens with zero attached hydrogens (tertiary/aromatic N) is 1. The molecule has 0 saturated carbocycles. The van der Waals surface area contributed by atoms with Gasteiger partial charge in [0.05, 0.1) is 30.5 Å². The fourth-order valence-corrected chi connectivity index (χ4v) is 2.11. The van der Waals surface area contributed by atoms with Crippen molar-refractivity contribution in [1.29, 1.82) is 0 Å². The number of halogens is 1. The Balaban J connectivity index is 2.65. The standard InChI is InChI=1S/C10H12ClNO6S/c1-17-10-4-3-8(7-9(10)12(13)14)18-5-2-6-19(11,15)16/h3-4,7H,2,5-6H2,1H3. The third-order valence-corrected chi connectivity index (χ3v) is 3.39. The van der Waals surface area contributed by atoms with Crippen LogP contribution >= 0.6 is 10.7 Å². The zero-order valence-electron chi connectivity index (χ0n) is 10.0. The second-order valence-corrected chi connectivity index (χ2v) is 6.43. The van der Waals surface area contributed by atoms with E-state index in [-0.39, 0.29) is 36.0 Å². The summed E-state index contributed by atoms with van der Waals surface area (Å²) in [5.74, 6) is 0.174. The molecule has 0 saturated heterocycles. The van der Waals surface area contributed by atoms with Gasteiger partial charge < -0.3 is 9.47 Å². The van der Waals surface area contributed by atoms with Crippen molar-refractivity contribution in [3.63, 3.8) is 0 Å². The van der Waals surface area contributed by atoms with Crippen LogP contribution in [0.4, 0.5) is 5.69 Å². The van der Waals surface area contributed by atoms with E-state index < -0.39 is 14.0 Å². The van der Waals surface area contributed by atoms with Crippen LogP contribution in [-0.4, -0.2) is 32.8 Å². The highest BCUT2D eigenvalue weighted by atomic mass is 35.7. The number of nitro benzene ring substituents is 1. The quantitative estimate of drug-likeness (QED) is 0.330. The summed E-state index contributed by atoms with van der Waals surface area (Å²) in [5.41, 5.74) is -0.218. The molecule has 1 aromatic rings. The summed E-state index contributed by atoms with van der Waals surface area (Å²) in [7, 11) is 2.81. The van der Waals surface area contributed by atoms with E-state index in [2.05, 4.69) is 0 Å². The van der Waals surface area contributed by atoms with Crippen molar-refractivity contribution < 1.29 is 22.8 Å². The first kappa shape index (κ1) is 15.5. The highest BCUT2D eigenvalue weighted by Crippen LogP contribution is 2.30. The molecule has 0 unspecified atom stereocenters. The third kappa shape index (κ3) is 5.31. The first-order chi connectivity index (χ1) is 8.83. The number of hydrogen-bond acceptors (Lipinski definition) is 6. The van der Waals surface area contributed by atoms with Gasteiger partial charge in [0, 0.05) is 10.7 Å². The van der Waals surface area contributed by atoms with Crippen molar-refractivity contribution in [2.45, 2.75) is 6.42 Å². The first-order valence-electron chi connectivity index (χ1n) is 5.21. The lowest BCUT2D eigenvalue weighted by molar-refractivity contribution is -0.385. The molecular formula is C10H12ClNO6S. The van der Waals surface area contributed by atoms with E-state index in [9.17, 15) is 18.5 Å².